The molecule has 0 aliphatic carbocycles. The van der Waals surface area contributed by atoms with Crippen molar-refractivity contribution in [3.8, 4) is 11.5 Å². The highest BCUT2D eigenvalue weighted by atomic mass is 16.5. The standard InChI is InChI=1S/C19H29N3O5/c1-21-16(6-3-4-10-20)19(25)22-18(24)7-5-11-27-15-9-8-14(13-23)17(12-15)26-2/h8-9,12-13,16,21H,3-7,10-11,20H2,1-2H3,(H,22,24,25)/t16-/m0/s1. The Hall–Kier alpha value is -2.45. The van der Waals surface area contributed by atoms with Crippen LogP contribution in [0.5, 0.6) is 11.5 Å². The van der Waals surface area contributed by atoms with E-state index in [-0.39, 0.29) is 18.2 Å². The fourth-order valence-corrected chi connectivity index (χ4v) is 2.49. The summed E-state index contributed by atoms with van der Waals surface area (Å²) in [7, 11) is 3.16. The first-order valence-electron chi connectivity index (χ1n) is 9.02. The summed E-state index contributed by atoms with van der Waals surface area (Å²) in [4.78, 5) is 34.8. The second-order valence-corrected chi connectivity index (χ2v) is 6.01. The van der Waals surface area contributed by atoms with Crippen molar-refractivity contribution in [1.82, 2.24) is 10.6 Å². The van der Waals surface area contributed by atoms with Gasteiger partial charge in [-0.3, -0.25) is 19.7 Å². The Balaban J connectivity index is 2.34. The summed E-state index contributed by atoms with van der Waals surface area (Å²) in [6, 6.07) is 4.48. The Kier molecular flexibility index (Phi) is 10.7. The summed E-state index contributed by atoms with van der Waals surface area (Å²) < 4.78 is 10.7. The van der Waals surface area contributed by atoms with Crippen LogP contribution in [0.3, 0.4) is 0 Å². The van der Waals surface area contributed by atoms with E-state index in [4.69, 9.17) is 15.2 Å². The number of methoxy groups -OCH3 is 1. The smallest absolute Gasteiger partial charge is 0.243 e. The first kappa shape index (κ1) is 22.6. The highest BCUT2D eigenvalue weighted by molar-refractivity contribution is 5.97. The van der Waals surface area contributed by atoms with Gasteiger partial charge in [-0.2, -0.15) is 0 Å². The number of unbranched alkanes of at least 4 members (excludes halogenated alkanes) is 1. The SMILES string of the molecule is CN[C@@H](CCCCN)C(=O)NC(=O)CCCOc1ccc(C=O)c(OC)c1. The van der Waals surface area contributed by atoms with Crippen molar-refractivity contribution in [2.45, 2.75) is 38.1 Å². The van der Waals surface area contributed by atoms with Gasteiger partial charge in [0.25, 0.3) is 0 Å². The Bertz CT molecular complexity index is 621. The van der Waals surface area contributed by atoms with Gasteiger partial charge in [0.1, 0.15) is 11.5 Å². The average molecular weight is 379 g/mol. The topological polar surface area (TPSA) is 120 Å². The molecule has 0 radical (unpaired) electrons. The molecule has 1 aromatic rings. The summed E-state index contributed by atoms with van der Waals surface area (Å²) in [5, 5.41) is 5.31. The summed E-state index contributed by atoms with van der Waals surface area (Å²) in [6.45, 7) is 0.887. The molecule has 4 N–H and O–H groups in total. The van der Waals surface area contributed by atoms with Crippen LogP contribution in [-0.4, -0.2) is 51.5 Å². The van der Waals surface area contributed by atoms with Crippen LogP contribution in [0.2, 0.25) is 0 Å². The lowest BCUT2D eigenvalue weighted by Crippen LogP contribution is -2.45. The van der Waals surface area contributed by atoms with Crippen molar-refractivity contribution in [2.75, 3.05) is 27.3 Å². The van der Waals surface area contributed by atoms with Gasteiger partial charge in [0.05, 0.1) is 25.3 Å². The van der Waals surface area contributed by atoms with Gasteiger partial charge in [-0.25, -0.2) is 0 Å². The number of rotatable bonds is 13. The molecule has 0 aliphatic rings. The summed E-state index contributed by atoms with van der Waals surface area (Å²) in [5.41, 5.74) is 5.88. The van der Waals surface area contributed by atoms with Crippen LogP contribution in [0.1, 0.15) is 42.5 Å². The van der Waals surface area contributed by atoms with E-state index in [1.165, 1.54) is 7.11 Å². The fourth-order valence-electron chi connectivity index (χ4n) is 2.49. The number of amides is 2. The molecular weight excluding hydrogens is 350 g/mol. The number of aldehydes is 1. The van der Waals surface area contributed by atoms with Gasteiger partial charge in [0.2, 0.25) is 11.8 Å². The van der Waals surface area contributed by atoms with E-state index in [1.807, 2.05) is 0 Å². The van der Waals surface area contributed by atoms with E-state index in [2.05, 4.69) is 10.6 Å². The molecule has 0 bridgehead atoms. The molecule has 27 heavy (non-hydrogen) atoms. The molecule has 0 unspecified atom stereocenters. The lowest BCUT2D eigenvalue weighted by atomic mass is 10.1. The summed E-state index contributed by atoms with van der Waals surface area (Å²) in [6.07, 6.45) is 3.63. The minimum absolute atomic E-state index is 0.175. The number of carbonyl (C=O) groups is 3. The minimum atomic E-state index is -0.402. The van der Waals surface area contributed by atoms with Gasteiger partial charge in [-0.05, 0) is 45.0 Å². The first-order valence-corrected chi connectivity index (χ1v) is 9.02. The minimum Gasteiger partial charge on any atom is -0.496 e. The zero-order valence-corrected chi connectivity index (χ0v) is 16.0. The molecule has 1 aromatic carbocycles. The van der Waals surface area contributed by atoms with Crippen molar-refractivity contribution in [1.29, 1.82) is 0 Å². The van der Waals surface area contributed by atoms with E-state index in [0.717, 1.165) is 12.8 Å². The second-order valence-electron chi connectivity index (χ2n) is 6.01. The number of hydrogen-bond acceptors (Lipinski definition) is 7. The van der Waals surface area contributed by atoms with Crippen molar-refractivity contribution >= 4 is 18.1 Å². The van der Waals surface area contributed by atoms with Gasteiger partial charge in [-0.15, -0.1) is 0 Å². The van der Waals surface area contributed by atoms with Gasteiger partial charge < -0.3 is 20.5 Å². The van der Waals surface area contributed by atoms with Crippen molar-refractivity contribution in [3.63, 3.8) is 0 Å². The Labute approximate surface area is 159 Å². The molecule has 1 rings (SSSR count). The van der Waals surface area contributed by atoms with Crippen LogP contribution in [0.15, 0.2) is 18.2 Å². The number of nitrogens with one attached hydrogen (secondary N) is 2. The van der Waals surface area contributed by atoms with Crippen LogP contribution in [-0.2, 0) is 9.59 Å². The van der Waals surface area contributed by atoms with Crippen LogP contribution >= 0.6 is 0 Å². The van der Waals surface area contributed by atoms with E-state index in [9.17, 15) is 14.4 Å². The molecule has 0 spiro atoms. The van der Waals surface area contributed by atoms with Gasteiger partial charge in [0, 0.05) is 12.5 Å². The van der Waals surface area contributed by atoms with Crippen LogP contribution in [0.25, 0.3) is 0 Å². The summed E-state index contributed by atoms with van der Waals surface area (Å²) >= 11 is 0. The summed E-state index contributed by atoms with van der Waals surface area (Å²) in [5.74, 6) is 0.314. The molecule has 0 heterocycles. The number of carbonyl (C=O) groups excluding carboxylic acids is 3. The number of nitrogens with two attached hydrogens (primary N) is 1. The molecule has 0 saturated carbocycles. The zero-order chi connectivity index (χ0) is 20.1. The van der Waals surface area contributed by atoms with Gasteiger partial charge in [-0.1, -0.05) is 6.42 Å². The molecule has 2 amide bonds. The third-order valence-electron chi connectivity index (χ3n) is 4.02. The molecule has 0 aromatic heterocycles. The largest absolute Gasteiger partial charge is 0.496 e. The van der Waals surface area contributed by atoms with Gasteiger partial charge >= 0.3 is 0 Å². The third-order valence-corrected chi connectivity index (χ3v) is 4.02. The zero-order valence-electron chi connectivity index (χ0n) is 16.0. The van der Waals surface area contributed by atoms with Crippen LogP contribution in [0, 0.1) is 0 Å². The number of hydrogen-bond donors (Lipinski definition) is 3. The van der Waals surface area contributed by atoms with Gasteiger partial charge in [0.15, 0.2) is 6.29 Å². The third kappa shape index (κ3) is 8.19. The predicted molar refractivity (Wildman–Crippen MR) is 102 cm³/mol. The maximum Gasteiger partial charge on any atom is 0.243 e. The fraction of sp³-hybridized carbons (Fsp3) is 0.526. The Morgan fingerprint density at radius 2 is 2.04 bits per heavy atom. The van der Waals surface area contributed by atoms with E-state index in [0.29, 0.717) is 49.3 Å². The molecule has 8 nitrogen and oxygen atoms in total. The Morgan fingerprint density at radius 3 is 2.67 bits per heavy atom. The van der Waals surface area contributed by atoms with E-state index >= 15 is 0 Å². The molecule has 0 aliphatic heterocycles. The average Bonchev–Trinajstić information content (AvgIpc) is 2.68. The maximum absolute atomic E-state index is 12.1. The quantitative estimate of drug-likeness (QED) is 0.346. The number of benzene rings is 1. The number of ether oxygens (including phenoxy) is 2. The lowest BCUT2D eigenvalue weighted by molar-refractivity contribution is -0.131. The number of imide groups is 1. The molecule has 1 atom stereocenters. The second kappa shape index (κ2) is 12.8. The maximum atomic E-state index is 12.1. The molecule has 0 fully saturated rings. The molecule has 0 saturated heterocycles. The van der Waals surface area contributed by atoms with E-state index < -0.39 is 6.04 Å². The van der Waals surface area contributed by atoms with Crippen molar-refractivity contribution in [3.05, 3.63) is 23.8 Å². The lowest BCUT2D eigenvalue weighted by Gasteiger charge is -2.15. The van der Waals surface area contributed by atoms with Crippen LogP contribution in [0.4, 0.5) is 0 Å². The van der Waals surface area contributed by atoms with Crippen molar-refractivity contribution < 1.29 is 23.9 Å². The normalized spacial score (nSPS) is 11.5. The predicted octanol–water partition coefficient (Wildman–Crippen LogP) is 1.03. The molecular formula is C19H29N3O5. The number of likely N-dealkylation sites (N-methyl/N-ethyl adjacent to an activating group) is 1. The van der Waals surface area contributed by atoms with Crippen molar-refractivity contribution in [2.24, 2.45) is 5.73 Å². The molecule has 150 valence electrons. The highest BCUT2D eigenvalue weighted by Crippen LogP contribution is 2.23. The molecule has 8 heteroatoms. The van der Waals surface area contributed by atoms with Crippen LogP contribution < -0.4 is 25.8 Å². The Morgan fingerprint density at radius 1 is 1.26 bits per heavy atom. The van der Waals surface area contributed by atoms with E-state index in [1.54, 1.807) is 25.2 Å². The monoisotopic (exact) mass is 379 g/mol. The highest BCUT2D eigenvalue weighted by Gasteiger charge is 2.18. The first-order chi connectivity index (χ1) is 13.0.